The summed E-state index contributed by atoms with van der Waals surface area (Å²) in [6, 6.07) is 8.56. The minimum Gasteiger partial charge on any atom is -0.0996 e. The number of halogens is 1. The average molecular weight is 279 g/mol. The Bertz CT molecular complexity index is 367. The van der Waals surface area contributed by atoms with Crippen LogP contribution in [-0.4, -0.2) is 0 Å². The number of allylic oxidation sites excluding steroid dienone is 1. The van der Waals surface area contributed by atoms with Crippen LogP contribution >= 0.6 is 15.9 Å². The average Bonchev–Trinajstić information content (AvgIpc) is 2.48. The van der Waals surface area contributed by atoms with Crippen LogP contribution in [-0.2, 0) is 6.42 Å². The first-order valence-electron chi connectivity index (χ1n) is 6.18. The molecule has 1 aromatic carbocycles. The Labute approximate surface area is 107 Å². The van der Waals surface area contributed by atoms with E-state index in [0.29, 0.717) is 5.92 Å². The van der Waals surface area contributed by atoms with Gasteiger partial charge in [0.25, 0.3) is 0 Å². The van der Waals surface area contributed by atoms with Gasteiger partial charge < -0.3 is 0 Å². The highest BCUT2D eigenvalue weighted by atomic mass is 79.9. The van der Waals surface area contributed by atoms with Crippen molar-refractivity contribution in [2.24, 2.45) is 5.92 Å². The number of hydrogen-bond acceptors (Lipinski definition) is 0. The molecule has 0 nitrogen and oxygen atoms in total. The standard InChI is InChI=1S/C15H19Br/c1-12-7-3-2-4-8-13(12)11-14-9-5-6-10-15(14)16/h5-6,9-10,13H,1-4,7-8,11H2. The summed E-state index contributed by atoms with van der Waals surface area (Å²) >= 11 is 3.63. The van der Waals surface area contributed by atoms with Crippen LogP contribution in [0.15, 0.2) is 40.9 Å². The molecule has 0 amide bonds. The van der Waals surface area contributed by atoms with E-state index in [2.05, 4.69) is 46.8 Å². The number of hydrogen-bond donors (Lipinski definition) is 0. The number of benzene rings is 1. The molecule has 0 saturated heterocycles. The Balaban J connectivity index is 2.08. The SMILES string of the molecule is C=C1CCCCCC1Cc1ccccc1Br. The Morgan fingerprint density at radius 2 is 2.00 bits per heavy atom. The largest absolute Gasteiger partial charge is 0.0996 e. The summed E-state index contributed by atoms with van der Waals surface area (Å²) in [5.74, 6) is 0.696. The highest BCUT2D eigenvalue weighted by molar-refractivity contribution is 9.10. The molecule has 1 unspecified atom stereocenters. The van der Waals surface area contributed by atoms with Gasteiger partial charge in [0.05, 0.1) is 0 Å². The lowest BCUT2D eigenvalue weighted by molar-refractivity contribution is 0.546. The zero-order chi connectivity index (χ0) is 11.4. The smallest absolute Gasteiger partial charge is 0.0207 e. The fourth-order valence-corrected chi connectivity index (χ4v) is 2.95. The molecular formula is C15H19Br. The Kier molecular flexibility index (Phi) is 4.22. The van der Waals surface area contributed by atoms with Gasteiger partial charge in [-0.05, 0) is 43.2 Å². The van der Waals surface area contributed by atoms with Gasteiger partial charge in [0.1, 0.15) is 0 Å². The lowest BCUT2D eigenvalue weighted by Crippen LogP contribution is -2.06. The van der Waals surface area contributed by atoms with E-state index in [9.17, 15) is 0 Å². The molecule has 0 heterocycles. The Hall–Kier alpha value is -0.560. The molecule has 0 aromatic heterocycles. The molecule has 1 atom stereocenters. The van der Waals surface area contributed by atoms with Gasteiger partial charge in [-0.15, -0.1) is 0 Å². The fourth-order valence-electron chi connectivity index (χ4n) is 2.50. The predicted molar refractivity (Wildman–Crippen MR) is 73.6 cm³/mol. The molecule has 1 saturated carbocycles. The monoisotopic (exact) mass is 278 g/mol. The molecule has 1 aliphatic rings. The van der Waals surface area contributed by atoms with Gasteiger partial charge in [-0.1, -0.05) is 59.1 Å². The minimum absolute atomic E-state index is 0.696. The van der Waals surface area contributed by atoms with Crippen LogP contribution in [0.5, 0.6) is 0 Å². The molecule has 0 spiro atoms. The molecular weight excluding hydrogens is 260 g/mol. The zero-order valence-electron chi connectivity index (χ0n) is 9.71. The van der Waals surface area contributed by atoms with Crippen molar-refractivity contribution in [1.82, 2.24) is 0 Å². The zero-order valence-corrected chi connectivity index (χ0v) is 11.3. The molecule has 0 bridgehead atoms. The predicted octanol–water partition coefficient (Wildman–Crippen LogP) is 5.13. The van der Waals surface area contributed by atoms with Gasteiger partial charge >= 0.3 is 0 Å². The molecule has 16 heavy (non-hydrogen) atoms. The topological polar surface area (TPSA) is 0 Å². The van der Waals surface area contributed by atoms with Gasteiger partial charge in [-0.2, -0.15) is 0 Å². The van der Waals surface area contributed by atoms with Crippen LogP contribution in [0.3, 0.4) is 0 Å². The summed E-state index contributed by atoms with van der Waals surface area (Å²) in [4.78, 5) is 0. The lowest BCUT2D eigenvalue weighted by atomic mass is 9.89. The second-order valence-corrected chi connectivity index (χ2v) is 5.60. The molecule has 86 valence electrons. The van der Waals surface area contributed by atoms with E-state index >= 15 is 0 Å². The van der Waals surface area contributed by atoms with Crippen molar-refractivity contribution in [1.29, 1.82) is 0 Å². The van der Waals surface area contributed by atoms with Crippen LogP contribution in [0.4, 0.5) is 0 Å². The van der Waals surface area contributed by atoms with E-state index in [1.807, 2.05) is 0 Å². The van der Waals surface area contributed by atoms with Crippen molar-refractivity contribution in [2.75, 3.05) is 0 Å². The van der Waals surface area contributed by atoms with Crippen LogP contribution < -0.4 is 0 Å². The fraction of sp³-hybridized carbons (Fsp3) is 0.467. The summed E-state index contributed by atoms with van der Waals surface area (Å²) in [5.41, 5.74) is 2.89. The maximum atomic E-state index is 4.27. The second-order valence-electron chi connectivity index (χ2n) is 4.75. The summed E-state index contributed by atoms with van der Waals surface area (Å²) < 4.78 is 1.24. The van der Waals surface area contributed by atoms with Gasteiger partial charge in [-0.25, -0.2) is 0 Å². The summed E-state index contributed by atoms with van der Waals surface area (Å²) in [7, 11) is 0. The van der Waals surface area contributed by atoms with E-state index in [4.69, 9.17) is 0 Å². The van der Waals surface area contributed by atoms with Crippen molar-refractivity contribution in [3.63, 3.8) is 0 Å². The van der Waals surface area contributed by atoms with Gasteiger partial charge in [-0.3, -0.25) is 0 Å². The third kappa shape index (κ3) is 2.98. The lowest BCUT2D eigenvalue weighted by Gasteiger charge is -2.17. The highest BCUT2D eigenvalue weighted by Gasteiger charge is 2.17. The number of rotatable bonds is 2. The van der Waals surface area contributed by atoms with Crippen LogP contribution in [0.25, 0.3) is 0 Å². The molecule has 0 aliphatic heterocycles. The molecule has 1 aliphatic carbocycles. The van der Waals surface area contributed by atoms with E-state index in [1.165, 1.54) is 47.7 Å². The van der Waals surface area contributed by atoms with E-state index < -0.39 is 0 Å². The third-order valence-corrected chi connectivity index (χ3v) is 4.33. The van der Waals surface area contributed by atoms with Crippen LogP contribution in [0, 0.1) is 5.92 Å². The molecule has 1 fully saturated rings. The molecule has 0 N–H and O–H groups in total. The summed E-state index contributed by atoms with van der Waals surface area (Å²) in [5, 5.41) is 0. The van der Waals surface area contributed by atoms with Crippen molar-refractivity contribution >= 4 is 15.9 Å². The van der Waals surface area contributed by atoms with Crippen molar-refractivity contribution in [3.05, 3.63) is 46.5 Å². The molecule has 0 radical (unpaired) electrons. The van der Waals surface area contributed by atoms with Crippen molar-refractivity contribution in [2.45, 2.75) is 38.5 Å². The first-order valence-corrected chi connectivity index (χ1v) is 6.98. The van der Waals surface area contributed by atoms with Crippen molar-refractivity contribution in [3.8, 4) is 0 Å². The third-order valence-electron chi connectivity index (χ3n) is 3.55. The highest BCUT2D eigenvalue weighted by Crippen LogP contribution is 2.31. The van der Waals surface area contributed by atoms with Gasteiger partial charge in [0, 0.05) is 4.47 Å². The van der Waals surface area contributed by atoms with Crippen LogP contribution in [0.2, 0.25) is 0 Å². The van der Waals surface area contributed by atoms with Crippen LogP contribution in [0.1, 0.15) is 37.7 Å². The molecule has 2 rings (SSSR count). The van der Waals surface area contributed by atoms with Crippen molar-refractivity contribution < 1.29 is 0 Å². The molecule has 1 aromatic rings. The van der Waals surface area contributed by atoms with Gasteiger partial charge in [0.2, 0.25) is 0 Å². The Morgan fingerprint density at radius 1 is 1.19 bits per heavy atom. The van der Waals surface area contributed by atoms with Gasteiger partial charge in [0.15, 0.2) is 0 Å². The summed E-state index contributed by atoms with van der Waals surface area (Å²) in [6.07, 6.45) is 7.79. The normalized spacial score (nSPS) is 21.8. The second kappa shape index (κ2) is 5.67. The first-order chi connectivity index (χ1) is 7.77. The van der Waals surface area contributed by atoms with E-state index in [0.717, 1.165) is 6.42 Å². The first kappa shape index (κ1) is 11.9. The van der Waals surface area contributed by atoms with E-state index in [-0.39, 0.29) is 0 Å². The summed E-state index contributed by atoms with van der Waals surface area (Å²) in [6.45, 7) is 4.27. The molecule has 1 heteroatoms. The minimum atomic E-state index is 0.696. The van der Waals surface area contributed by atoms with E-state index in [1.54, 1.807) is 0 Å². The maximum absolute atomic E-state index is 4.27. The Morgan fingerprint density at radius 3 is 2.81 bits per heavy atom. The quantitative estimate of drug-likeness (QED) is 0.520. The maximum Gasteiger partial charge on any atom is 0.0207 e.